The molecule has 9 aromatic rings. The lowest BCUT2D eigenvalue weighted by atomic mass is 9.60. The van der Waals surface area contributed by atoms with Crippen molar-refractivity contribution in [2.24, 2.45) is 0 Å². The molecule has 2 aliphatic rings. The van der Waals surface area contributed by atoms with Crippen molar-refractivity contribution in [3.8, 4) is 50.9 Å². The van der Waals surface area contributed by atoms with E-state index >= 15 is 0 Å². The second kappa shape index (κ2) is 11.1. The van der Waals surface area contributed by atoms with Gasteiger partial charge < -0.3 is 14.0 Å². The Bertz CT molecular complexity index is 2810. The Morgan fingerprint density at radius 3 is 1.77 bits per heavy atom. The van der Waals surface area contributed by atoms with Crippen LogP contribution in [0.5, 0.6) is 23.0 Å². The highest BCUT2D eigenvalue weighted by Gasteiger charge is 2.52. The number of benzene rings is 8. The van der Waals surface area contributed by atoms with Crippen LogP contribution in [0.2, 0.25) is 0 Å². The normalized spacial score (nSPS) is 13.5. The number of rotatable bonds is 3. The Balaban J connectivity index is 1.26. The molecule has 3 heteroatoms. The van der Waals surface area contributed by atoms with Crippen LogP contribution in [0.1, 0.15) is 22.3 Å². The molecule has 0 atom stereocenters. The quantitative estimate of drug-likeness (QED) is 0.187. The van der Waals surface area contributed by atoms with Crippen molar-refractivity contribution in [2.45, 2.75) is 5.41 Å². The molecule has 11 rings (SSSR count). The number of aromatic nitrogens is 1. The van der Waals surface area contributed by atoms with E-state index in [0.717, 1.165) is 78.7 Å². The van der Waals surface area contributed by atoms with E-state index in [0.29, 0.717) is 0 Å². The average Bonchev–Trinajstić information content (AvgIpc) is 3.54. The monoisotopic (exact) mass is 665 g/mol. The second-order valence-corrected chi connectivity index (χ2v) is 13.6. The summed E-state index contributed by atoms with van der Waals surface area (Å²) in [6, 6.07) is 66.9. The Morgan fingerprint density at radius 1 is 0.385 bits per heavy atom. The van der Waals surface area contributed by atoms with Gasteiger partial charge in [0, 0.05) is 44.3 Å². The highest BCUT2D eigenvalue weighted by molar-refractivity contribution is 6.10. The van der Waals surface area contributed by atoms with Crippen LogP contribution in [0.15, 0.2) is 188 Å². The van der Waals surface area contributed by atoms with Crippen molar-refractivity contribution >= 4 is 21.8 Å². The molecule has 244 valence electrons. The predicted molar refractivity (Wildman–Crippen MR) is 210 cm³/mol. The van der Waals surface area contributed by atoms with Crippen molar-refractivity contribution in [3.05, 3.63) is 210 Å². The molecule has 0 N–H and O–H groups in total. The Kier molecular flexibility index (Phi) is 6.17. The van der Waals surface area contributed by atoms with Crippen molar-refractivity contribution in [1.82, 2.24) is 4.57 Å². The van der Waals surface area contributed by atoms with E-state index in [-0.39, 0.29) is 0 Å². The maximum atomic E-state index is 7.17. The molecule has 0 saturated heterocycles. The minimum atomic E-state index is -0.739. The molecule has 52 heavy (non-hydrogen) atoms. The zero-order chi connectivity index (χ0) is 34.2. The summed E-state index contributed by atoms with van der Waals surface area (Å²) in [5, 5.41) is 2.45. The lowest BCUT2D eigenvalue weighted by Gasteiger charge is -2.46. The summed E-state index contributed by atoms with van der Waals surface area (Å²) in [5.41, 5.74) is 11.5. The molecule has 1 spiro atoms. The van der Waals surface area contributed by atoms with E-state index in [1.165, 1.54) is 16.3 Å². The van der Waals surface area contributed by atoms with Crippen LogP contribution in [0.4, 0.5) is 0 Å². The molecular weight excluding hydrogens is 635 g/mol. The van der Waals surface area contributed by atoms with E-state index in [2.05, 4.69) is 193 Å². The van der Waals surface area contributed by atoms with Crippen molar-refractivity contribution < 1.29 is 9.47 Å². The van der Waals surface area contributed by atoms with Gasteiger partial charge in [0.15, 0.2) is 0 Å². The van der Waals surface area contributed by atoms with Crippen LogP contribution >= 0.6 is 0 Å². The van der Waals surface area contributed by atoms with Crippen LogP contribution in [0.25, 0.3) is 49.7 Å². The van der Waals surface area contributed by atoms with Gasteiger partial charge >= 0.3 is 0 Å². The fraction of sp³-hybridized carbons (Fsp3) is 0.0204. The molecule has 8 aromatic carbocycles. The molecule has 3 heterocycles. The van der Waals surface area contributed by atoms with Gasteiger partial charge in [-0.3, -0.25) is 0 Å². The molecule has 0 fully saturated rings. The second-order valence-electron chi connectivity index (χ2n) is 13.6. The summed E-state index contributed by atoms with van der Waals surface area (Å²) in [4.78, 5) is 0. The van der Waals surface area contributed by atoms with Gasteiger partial charge in [-0.05, 0) is 59.2 Å². The zero-order valence-electron chi connectivity index (χ0n) is 28.2. The van der Waals surface area contributed by atoms with Gasteiger partial charge in [-0.15, -0.1) is 0 Å². The third-order valence-corrected chi connectivity index (χ3v) is 10.9. The number of nitrogens with zero attached hydrogens (tertiary/aromatic N) is 1. The number of fused-ring (bicyclic) bond motifs is 11. The summed E-state index contributed by atoms with van der Waals surface area (Å²) in [6.07, 6.45) is 0. The molecule has 0 bridgehead atoms. The average molecular weight is 666 g/mol. The highest BCUT2D eigenvalue weighted by atomic mass is 16.5. The van der Waals surface area contributed by atoms with Gasteiger partial charge in [0.05, 0.1) is 16.4 Å². The molecule has 0 unspecified atom stereocenters. The minimum absolute atomic E-state index is 0.739. The van der Waals surface area contributed by atoms with Crippen LogP contribution in [-0.2, 0) is 5.41 Å². The third kappa shape index (κ3) is 3.96. The maximum absolute atomic E-state index is 7.17. The standard InChI is InChI=1S/C49H31NO2/c1-3-15-32(16-4-1)36-21-13-24-41-48(36)52-46-28-14-20-35(47(46)49(41)39-22-8-11-26-44(39)51-45-27-12-9-23-40(45)49)33-29-30-38-37-19-7-10-25-42(37)50(43(38)31-33)34-17-5-2-6-18-34/h1-31H. The van der Waals surface area contributed by atoms with Gasteiger partial charge in [-0.25, -0.2) is 0 Å². The largest absolute Gasteiger partial charge is 0.457 e. The fourth-order valence-electron chi connectivity index (χ4n) is 8.82. The summed E-state index contributed by atoms with van der Waals surface area (Å²) in [7, 11) is 0. The molecule has 0 radical (unpaired) electrons. The number of para-hydroxylation sites is 5. The summed E-state index contributed by atoms with van der Waals surface area (Å²) in [5.74, 6) is 3.40. The predicted octanol–water partition coefficient (Wildman–Crippen LogP) is 12.7. The van der Waals surface area contributed by atoms with Gasteiger partial charge in [0.2, 0.25) is 0 Å². The maximum Gasteiger partial charge on any atom is 0.140 e. The van der Waals surface area contributed by atoms with E-state index in [1.54, 1.807) is 0 Å². The van der Waals surface area contributed by atoms with Crippen molar-refractivity contribution in [2.75, 3.05) is 0 Å². The van der Waals surface area contributed by atoms with Crippen LogP contribution in [0, 0.1) is 0 Å². The number of ether oxygens (including phenoxy) is 2. The van der Waals surface area contributed by atoms with Crippen molar-refractivity contribution in [1.29, 1.82) is 0 Å². The Morgan fingerprint density at radius 2 is 0.981 bits per heavy atom. The van der Waals surface area contributed by atoms with E-state index < -0.39 is 5.41 Å². The third-order valence-electron chi connectivity index (χ3n) is 10.9. The smallest absolute Gasteiger partial charge is 0.140 e. The fourth-order valence-corrected chi connectivity index (χ4v) is 8.82. The van der Waals surface area contributed by atoms with Gasteiger partial charge in [-0.1, -0.05) is 146 Å². The first-order valence-electron chi connectivity index (χ1n) is 17.8. The lowest BCUT2D eigenvalue weighted by Crippen LogP contribution is -2.37. The highest BCUT2D eigenvalue weighted by Crippen LogP contribution is 2.64. The molecular formula is C49H31NO2. The van der Waals surface area contributed by atoms with Crippen LogP contribution in [-0.4, -0.2) is 4.57 Å². The molecule has 0 aliphatic carbocycles. The Labute approximate surface area is 301 Å². The van der Waals surface area contributed by atoms with E-state index in [9.17, 15) is 0 Å². The molecule has 0 saturated carbocycles. The molecule has 3 nitrogen and oxygen atoms in total. The van der Waals surface area contributed by atoms with Crippen LogP contribution in [0.3, 0.4) is 0 Å². The van der Waals surface area contributed by atoms with Gasteiger partial charge in [-0.2, -0.15) is 0 Å². The van der Waals surface area contributed by atoms with Gasteiger partial charge in [0.25, 0.3) is 0 Å². The van der Waals surface area contributed by atoms with Gasteiger partial charge in [0.1, 0.15) is 23.0 Å². The minimum Gasteiger partial charge on any atom is -0.457 e. The Hall–Kier alpha value is -6.84. The summed E-state index contributed by atoms with van der Waals surface area (Å²) >= 11 is 0. The zero-order valence-corrected chi connectivity index (χ0v) is 28.2. The number of hydrogen-bond donors (Lipinski definition) is 0. The molecule has 2 aliphatic heterocycles. The molecule has 0 amide bonds. The van der Waals surface area contributed by atoms with E-state index in [4.69, 9.17) is 9.47 Å². The van der Waals surface area contributed by atoms with E-state index in [1.807, 2.05) is 0 Å². The van der Waals surface area contributed by atoms with Crippen LogP contribution < -0.4 is 9.47 Å². The first-order valence-corrected chi connectivity index (χ1v) is 17.8. The summed E-state index contributed by atoms with van der Waals surface area (Å²) in [6.45, 7) is 0. The number of hydrogen-bond acceptors (Lipinski definition) is 2. The molecule has 1 aromatic heterocycles. The van der Waals surface area contributed by atoms with Crippen molar-refractivity contribution in [3.63, 3.8) is 0 Å². The summed E-state index contributed by atoms with van der Waals surface area (Å²) < 4.78 is 16.3. The first-order chi connectivity index (χ1) is 25.8. The SMILES string of the molecule is c1ccc(-c2cccc3c2Oc2cccc(-c4ccc5c6ccccc6n(-c6ccccc6)c5c4)c2C32c3ccccc3Oc3ccccc32)cc1. The topological polar surface area (TPSA) is 23.4 Å². The lowest BCUT2D eigenvalue weighted by molar-refractivity contribution is 0.401. The first kappa shape index (κ1) is 28.9.